The average Bonchev–Trinajstić information content (AvgIpc) is 3.07. The van der Waals surface area contributed by atoms with Gasteiger partial charge in [0.05, 0.1) is 23.2 Å². The second-order valence-corrected chi connectivity index (χ2v) is 7.31. The van der Waals surface area contributed by atoms with Crippen molar-refractivity contribution in [2.45, 2.75) is 6.54 Å². The minimum absolute atomic E-state index is 0.0987. The molecular formula is C25H20N2O5. The molecule has 0 aromatic heterocycles. The highest BCUT2D eigenvalue weighted by Gasteiger charge is 2.36. The summed E-state index contributed by atoms with van der Waals surface area (Å²) < 4.78 is 5.14. The van der Waals surface area contributed by atoms with E-state index in [4.69, 9.17) is 4.74 Å². The van der Waals surface area contributed by atoms with Crippen LogP contribution in [0.25, 0.3) is 0 Å². The number of imide groups is 1. The number of esters is 1. The molecule has 32 heavy (non-hydrogen) atoms. The number of fused-ring (bicyclic) bond motifs is 1. The summed E-state index contributed by atoms with van der Waals surface area (Å²) in [6.07, 6.45) is 0. The monoisotopic (exact) mass is 428 g/mol. The Morgan fingerprint density at radius 1 is 0.844 bits per heavy atom. The van der Waals surface area contributed by atoms with E-state index in [2.05, 4.69) is 0 Å². The van der Waals surface area contributed by atoms with Gasteiger partial charge in [0.2, 0.25) is 0 Å². The molecule has 1 heterocycles. The normalized spacial score (nSPS) is 12.5. The third kappa shape index (κ3) is 4.13. The standard InChI is InChI=1S/C25H20N2O5/c1-26(19-10-6-3-7-11-19)22(28)16-32-25(31)18-12-13-20-21(14-18)24(30)27(23(20)29)15-17-8-4-2-5-9-17/h2-14H,15-16H2,1H3. The van der Waals surface area contributed by atoms with Gasteiger partial charge in [-0.1, -0.05) is 48.5 Å². The van der Waals surface area contributed by atoms with Gasteiger partial charge in [-0.05, 0) is 35.9 Å². The summed E-state index contributed by atoms with van der Waals surface area (Å²) >= 11 is 0. The van der Waals surface area contributed by atoms with Crippen LogP contribution in [-0.2, 0) is 16.1 Å². The molecule has 1 aliphatic heterocycles. The number of amides is 3. The third-order valence-electron chi connectivity index (χ3n) is 5.23. The number of hydrogen-bond donors (Lipinski definition) is 0. The molecule has 0 bridgehead atoms. The fraction of sp³-hybridized carbons (Fsp3) is 0.120. The Labute approximate surface area is 184 Å². The molecule has 3 amide bonds. The number of benzene rings is 3. The smallest absolute Gasteiger partial charge is 0.338 e. The zero-order chi connectivity index (χ0) is 22.7. The van der Waals surface area contributed by atoms with Gasteiger partial charge in [-0.15, -0.1) is 0 Å². The maximum atomic E-state index is 12.8. The van der Waals surface area contributed by atoms with Crippen LogP contribution in [0.3, 0.4) is 0 Å². The number of nitrogens with zero attached hydrogens (tertiary/aromatic N) is 2. The van der Waals surface area contributed by atoms with Crippen molar-refractivity contribution in [3.05, 3.63) is 101 Å². The summed E-state index contributed by atoms with van der Waals surface area (Å²) in [6.45, 7) is -0.304. The molecule has 7 nitrogen and oxygen atoms in total. The van der Waals surface area contributed by atoms with Crippen LogP contribution in [0, 0.1) is 0 Å². The predicted octanol–water partition coefficient (Wildman–Crippen LogP) is 3.30. The van der Waals surface area contributed by atoms with Gasteiger partial charge < -0.3 is 9.64 Å². The van der Waals surface area contributed by atoms with Gasteiger partial charge in [-0.3, -0.25) is 19.3 Å². The van der Waals surface area contributed by atoms with E-state index in [1.165, 1.54) is 23.1 Å². The van der Waals surface area contributed by atoms with E-state index in [0.717, 1.165) is 10.5 Å². The minimum Gasteiger partial charge on any atom is -0.452 e. The lowest BCUT2D eigenvalue weighted by molar-refractivity contribution is -0.121. The Kier molecular flexibility index (Phi) is 5.81. The van der Waals surface area contributed by atoms with Crippen LogP contribution in [0.4, 0.5) is 5.69 Å². The molecule has 0 spiro atoms. The summed E-state index contributed by atoms with van der Waals surface area (Å²) in [5.41, 5.74) is 1.98. The fourth-order valence-corrected chi connectivity index (χ4v) is 3.43. The largest absolute Gasteiger partial charge is 0.452 e. The Balaban J connectivity index is 1.43. The van der Waals surface area contributed by atoms with Gasteiger partial charge in [-0.25, -0.2) is 4.79 Å². The molecule has 0 radical (unpaired) electrons. The first kappa shape index (κ1) is 21.0. The molecule has 0 atom stereocenters. The number of likely N-dealkylation sites (N-methyl/N-ethyl adjacent to an activating group) is 1. The molecule has 0 fully saturated rings. The van der Waals surface area contributed by atoms with Gasteiger partial charge in [0.25, 0.3) is 17.7 Å². The predicted molar refractivity (Wildman–Crippen MR) is 117 cm³/mol. The maximum Gasteiger partial charge on any atom is 0.338 e. The lowest BCUT2D eigenvalue weighted by Crippen LogP contribution is -2.31. The minimum atomic E-state index is -0.746. The molecule has 0 saturated carbocycles. The van der Waals surface area contributed by atoms with Crippen LogP contribution in [0.1, 0.15) is 36.6 Å². The van der Waals surface area contributed by atoms with E-state index >= 15 is 0 Å². The molecule has 160 valence electrons. The highest BCUT2D eigenvalue weighted by Crippen LogP contribution is 2.26. The molecule has 3 aromatic rings. The molecule has 0 aliphatic carbocycles. The van der Waals surface area contributed by atoms with Crippen LogP contribution in [0.15, 0.2) is 78.9 Å². The van der Waals surface area contributed by atoms with Gasteiger partial charge in [-0.2, -0.15) is 0 Å². The van der Waals surface area contributed by atoms with Gasteiger partial charge >= 0.3 is 5.97 Å². The van der Waals surface area contributed by atoms with E-state index in [9.17, 15) is 19.2 Å². The summed E-state index contributed by atoms with van der Waals surface area (Å²) in [7, 11) is 1.59. The molecule has 0 N–H and O–H groups in total. The van der Waals surface area contributed by atoms with Crippen LogP contribution < -0.4 is 4.90 Å². The second-order valence-electron chi connectivity index (χ2n) is 7.31. The summed E-state index contributed by atoms with van der Waals surface area (Å²) in [5.74, 6) is -2.02. The molecule has 0 saturated heterocycles. The second kappa shape index (κ2) is 8.85. The zero-order valence-corrected chi connectivity index (χ0v) is 17.4. The number of carbonyl (C=O) groups is 4. The Bertz CT molecular complexity index is 1190. The van der Waals surface area contributed by atoms with Crippen LogP contribution in [-0.4, -0.2) is 42.2 Å². The highest BCUT2D eigenvalue weighted by atomic mass is 16.5. The molecule has 1 aliphatic rings. The first-order valence-corrected chi connectivity index (χ1v) is 9.98. The van der Waals surface area contributed by atoms with Crippen molar-refractivity contribution in [2.24, 2.45) is 0 Å². The van der Waals surface area contributed by atoms with Crippen molar-refractivity contribution in [3.8, 4) is 0 Å². The lowest BCUT2D eigenvalue weighted by atomic mass is 10.1. The van der Waals surface area contributed by atoms with Crippen molar-refractivity contribution in [2.75, 3.05) is 18.6 Å². The average molecular weight is 428 g/mol. The number of hydrogen-bond acceptors (Lipinski definition) is 5. The summed E-state index contributed by atoms with van der Waals surface area (Å²) in [6, 6.07) is 22.3. The number of ether oxygens (including phenoxy) is 1. The van der Waals surface area contributed by atoms with E-state index in [-0.39, 0.29) is 23.2 Å². The molecule has 7 heteroatoms. The topological polar surface area (TPSA) is 84.0 Å². The SMILES string of the molecule is CN(C(=O)COC(=O)c1ccc2c(c1)C(=O)N(Cc1ccccc1)C2=O)c1ccccc1. The van der Waals surface area contributed by atoms with E-state index < -0.39 is 30.3 Å². The summed E-state index contributed by atoms with van der Waals surface area (Å²) in [5, 5.41) is 0. The van der Waals surface area contributed by atoms with E-state index in [1.54, 1.807) is 31.3 Å². The quantitative estimate of drug-likeness (QED) is 0.444. The van der Waals surface area contributed by atoms with Crippen molar-refractivity contribution < 1.29 is 23.9 Å². The van der Waals surface area contributed by atoms with Crippen molar-refractivity contribution in [3.63, 3.8) is 0 Å². The molecule has 3 aromatic carbocycles. The number of anilines is 1. The van der Waals surface area contributed by atoms with Gasteiger partial charge in [0, 0.05) is 12.7 Å². The van der Waals surface area contributed by atoms with Gasteiger partial charge in [0.15, 0.2) is 6.61 Å². The van der Waals surface area contributed by atoms with Gasteiger partial charge in [0.1, 0.15) is 0 Å². The van der Waals surface area contributed by atoms with Crippen LogP contribution in [0.5, 0.6) is 0 Å². The summed E-state index contributed by atoms with van der Waals surface area (Å²) in [4.78, 5) is 52.8. The van der Waals surface area contributed by atoms with Crippen molar-refractivity contribution >= 4 is 29.4 Å². The first-order chi connectivity index (χ1) is 15.5. The number of para-hydroxylation sites is 1. The third-order valence-corrected chi connectivity index (χ3v) is 5.23. The Morgan fingerprint density at radius 3 is 2.16 bits per heavy atom. The van der Waals surface area contributed by atoms with E-state index in [0.29, 0.717) is 5.69 Å². The molecule has 0 unspecified atom stereocenters. The molecular weight excluding hydrogens is 408 g/mol. The van der Waals surface area contributed by atoms with Crippen LogP contribution >= 0.6 is 0 Å². The highest BCUT2D eigenvalue weighted by molar-refractivity contribution is 6.21. The zero-order valence-electron chi connectivity index (χ0n) is 17.4. The lowest BCUT2D eigenvalue weighted by Gasteiger charge is -2.17. The maximum absolute atomic E-state index is 12.8. The molecule has 4 rings (SSSR count). The Hall–Kier alpha value is -4.26. The number of carbonyl (C=O) groups excluding carboxylic acids is 4. The van der Waals surface area contributed by atoms with Crippen molar-refractivity contribution in [1.29, 1.82) is 0 Å². The van der Waals surface area contributed by atoms with Crippen LogP contribution in [0.2, 0.25) is 0 Å². The number of rotatable bonds is 6. The Morgan fingerprint density at radius 2 is 1.47 bits per heavy atom. The fourth-order valence-electron chi connectivity index (χ4n) is 3.43. The van der Waals surface area contributed by atoms with E-state index in [1.807, 2.05) is 36.4 Å². The first-order valence-electron chi connectivity index (χ1n) is 9.98. The van der Waals surface area contributed by atoms with Crippen molar-refractivity contribution in [1.82, 2.24) is 4.90 Å².